The Labute approximate surface area is 110 Å². The molecule has 0 aliphatic carbocycles. The minimum atomic E-state index is -0.105. The van der Waals surface area contributed by atoms with E-state index >= 15 is 0 Å². The minimum Gasteiger partial charge on any atom is -0.374 e. The Morgan fingerprint density at radius 1 is 1.56 bits per heavy atom. The van der Waals surface area contributed by atoms with Crippen molar-refractivity contribution >= 4 is 5.91 Å². The number of amides is 1. The highest BCUT2D eigenvalue weighted by Gasteiger charge is 2.29. The molecule has 1 saturated heterocycles. The summed E-state index contributed by atoms with van der Waals surface area (Å²) in [5, 5.41) is 2.97. The van der Waals surface area contributed by atoms with E-state index in [0.29, 0.717) is 6.61 Å². The molecule has 1 fully saturated rings. The number of hydrogen-bond acceptors (Lipinski definition) is 4. The first-order chi connectivity index (χ1) is 8.56. The van der Waals surface area contributed by atoms with Crippen LogP contribution in [0, 0.1) is 0 Å². The summed E-state index contributed by atoms with van der Waals surface area (Å²) in [5.74, 6) is 0.105. The number of morpholine rings is 1. The number of carbonyl (C=O) groups is 1. The summed E-state index contributed by atoms with van der Waals surface area (Å²) in [4.78, 5) is 14.1. The van der Waals surface area contributed by atoms with Gasteiger partial charge in [0.15, 0.2) is 0 Å². The van der Waals surface area contributed by atoms with Gasteiger partial charge in [0.2, 0.25) is 5.91 Å². The molecule has 5 nitrogen and oxygen atoms in total. The van der Waals surface area contributed by atoms with Gasteiger partial charge in [-0.15, -0.1) is 0 Å². The van der Waals surface area contributed by atoms with Crippen molar-refractivity contribution in [2.75, 3.05) is 26.2 Å². The third-order valence-electron chi connectivity index (χ3n) is 3.47. The average Bonchev–Trinajstić information content (AvgIpc) is 2.38. The molecule has 1 aliphatic rings. The van der Waals surface area contributed by atoms with Crippen molar-refractivity contribution in [2.45, 2.75) is 51.8 Å². The van der Waals surface area contributed by atoms with Crippen molar-refractivity contribution in [1.29, 1.82) is 0 Å². The van der Waals surface area contributed by atoms with E-state index in [2.05, 4.69) is 17.1 Å². The Morgan fingerprint density at radius 2 is 2.28 bits per heavy atom. The Kier molecular flexibility index (Phi) is 6.60. The first-order valence-corrected chi connectivity index (χ1v) is 6.95. The highest BCUT2D eigenvalue weighted by molar-refractivity contribution is 5.81. The molecule has 0 bridgehead atoms. The lowest BCUT2D eigenvalue weighted by atomic mass is 10.1. The van der Waals surface area contributed by atoms with Gasteiger partial charge in [-0.1, -0.05) is 13.3 Å². The lowest BCUT2D eigenvalue weighted by Gasteiger charge is -2.37. The van der Waals surface area contributed by atoms with E-state index in [0.717, 1.165) is 32.5 Å². The molecule has 5 heteroatoms. The van der Waals surface area contributed by atoms with Crippen LogP contribution in [0.25, 0.3) is 0 Å². The quantitative estimate of drug-likeness (QED) is 0.673. The van der Waals surface area contributed by atoms with Gasteiger partial charge in [-0.3, -0.25) is 9.69 Å². The van der Waals surface area contributed by atoms with Crippen molar-refractivity contribution in [2.24, 2.45) is 5.73 Å². The van der Waals surface area contributed by atoms with Gasteiger partial charge >= 0.3 is 0 Å². The minimum absolute atomic E-state index is 0.00292. The molecule has 3 atom stereocenters. The fraction of sp³-hybridized carbons (Fsp3) is 0.923. The molecule has 0 radical (unpaired) electrons. The molecule has 0 aromatic heterocycles. The predicted octanol–water partition coefficient (Wildman–Crippen LogP) is 0.339. The lowest BCUT2D eigenvalue weighted by molar-refractivity contribution is -0.129. The maximum Gasteiger partial charge on any atom is 0.237 e. The number of hydrogen-bond donors (Lipinski definition) is 2. The van der Waals surface area contributed by atoms with Gasteiger partial charge in [-0.05, 0) is 20.3 Å². The lowest BCUT2D eigenvalue weighted by Crippen LogP contribution is -2.55. The van der Waals surface area contributed by atoms with Crippen LogP contribution in [0.1, 0.15) is 33.6 Å². The third kappa shape index (κ3) is 4.55. The molecule has 106 valence electrons. The summed E-state index contributed by atoms with van der Waals surface area (Å²) >= 11 is 0. The zero-order valence-corrected chi connectivity index (χ0v) is 11.8. The molecule has 0 aromatic carbocycles. The second-order valence-electron chi connectivity index (χ2n) is 5.08. The monoisotopic (exact) mass is 257 g/mol. The van der Waals surface area contributed by atoms with Gasteiger partial charge in [0.25, 0.3) is 0 Å². The summed E-state index contributed by atoms with van der Waals surface area (Å²) < 4.78 is 5.60. The average molecular weight is 257 g/mol. The second kappa shape index (κ2) is 7.71. The maximum atomic E-state index is 12.0. The highest BCUT2D eigenvalue weighted by atomic mass is 16.5. The molecule has 3 unspecified atom stereocenters. The van der Waals surface area contributed by atoms with Crippen molar-refractivity contribution in [3.63, 3.8) is 0 Å². The van der Waals surface area contributed by atoms with Crippen LogP contribution in [0.15, 0.2) is 0 Å². The van der Waals surface area contributed by atoms with E-state index in [1.54, 1.807) is 0 Å². The molecule has 18 heavy (non-hydrogen) atoms. The normalized spacial score (nSPS) is 24.6. The third-order valence-corrected chi connectivity index (χ3v) is 3.47. The van der Waals surface area contributed by atoms with Crippen molar-refractivity contribution in [3.05, 3.63) is 0 Å². The summed E-state index contributed by atoms with van der Waals surface area (Å²) in [6.45, 7) is 8.96. The van der Waals surface area contributed by atoms with Crippen molar-refractivity contribution < 1.29 is 9.53 Å². The summed E-state index contributed by atoms with van der Waals surface area (Å²) in [5.41, 5.74) is 5.85. The Hall–Kier alpha value is -0.650. The summed E-state index contributed by atoms with van der Waals surface area (Å²) in [6, 6.07) is -0.102. The maximum absolute atomic E-state index is 12.0. The van der Waals surface area contributed by atoms with Crippen LogP contribution in [0.5, 0.6) is 0 Å². The molecule has 1 amide bonds. The zero-order valence-electron chi connectivity index (χ0n) is 11.8. The fourth-order valence-corrected chi connectivity index (χ4v) is 2.07. The number of ether oxygens (including phenoxy) is 1. The molecular formula is C13H27N3O2. The Bertz CT molecular complexity index is 259. The van der Waals surface area contributed by atoms with E-state index in [1.807, 2.05) is 13.8 Å². The summed E-state index contributed by atoms with van der Waals surface area (Å²) in [7, 11) is 0. The van der Waals surface area contributed by atoms with Crippen LogP contribution >= 0.6 is 0 Å². The van der Waals surface area contributed by atoms with Crippen LogP contribution in [-0.4, -0.2) is 55.2 Å². The van der Waals surface area contributed by atoms with Crippen LogP contribution in [0.2, 0.25) is 0 Å². The fourth-order valence-electron chi connectivity index (χ4n) is 2.07. The largest absolute Gasteiger partial charge is 0.374 e. The second-order valence-corrected chi connectivity index (χ2v) is 5.08. The number of unbranched alkanes of at least 4 members (excludes halogenated alkanes) is 1. The molecule has 3 N–H and O–H groups in total. The molecule has 1 aliphatic heterocycles. The number of nitrogens with zero attached hydrogens (tertiary/aromatic N) is 1. The topological polar surface area (TPSA) is 67.6 Å². The van der Waals surface area contributed by atoms with E-state index < -0.39 is 0 Å². The highest BCUT2D eigenvalue weighted by Crippen LogP contribution is 2.11. The summed E-state index contributed by atoms with van der Waals surface area (Å²) in [6.07, 6.45) is 2.16. The SMILES string of the molecule is CCCCNC(=O)C(C)N1CCOC(C(C)N)C1. The van der Waals surface area contributed by atoms with Crippen LogP contribution < -0.4 is 11.1 Å². The van der Waals surface area contributed by atoms with Gasteiger partial charge < -0.3 is 15.8 Å². The van der Waals surface area contributed by atoms with Gasteiger partial charge in [0, 0.05) is 25.7 Å². The molecule has 0 spiro atoms. The zero-order chi connectivity index (χ0) is 13.5. The molecule has 0 saturated carbocycles. The smallest absolute Gasteiger partial charge is 0.237 e. The Morgan fingerprint density at radius 3 is 2.89 bits per heavy atom. The van der Waals surface area contributed by atoms with Crippen LogP contribution in [0.3, 0.4) is 0 Å². The number of nitrogens with one attached hydrogen (secondary N) is 1. The molecule has 0 aromatic rings. The van der Waals surface area contributed by atoms with Gasteiger partial charge in [-0.2, -0.15) is 0 Å². The first-order valence-electron chi connectivity index (χ1n) is 6.95. The molecular weight excluding hydrogens is 230 g/mol. The van der Waals surface area contributed by atoms with E-state index in [1.165, 1.54) is 0 Å². The molecule has 1 rings (SSSR count). The number of carbonyl (C=O) groups excluding carboxylic acids is 1. The van der Waals surface area contributed by atoms with Crippen molar-refractivity contribution in [1.82, 2.24) is 10.2 Å². The predicted molar refractivity (Wildman–Crippen MR) is 72.3 cm³/mol. The van der Waals surface area contributed by atoms with E-state index in [4.69, 9.17) is 10.5 Å². The Balaban J connectivity index is 2.40. The first kappa shape index (κ1) is 15.4. The van der Waals surface area contributed by atoms with E-state index in [-0.39, 0.29) is 24.1 Å². The van der Waals surface area contributed by atoms with E-state index in [9.17, 15) is 4.79 Å². The number of rotatable bonds is 6. The standard InChI is InChI=1S/C13H27N3O2/c1-4-5-6-15-13(17)11(3)16-7-8-18-12(9-16)10(2)14/h10-12H,4-9,14H2,1-3H3,(H,15,17). The van der Waals surface area contributed by atoms with Gasteiger partial charge in [0.1, 0.15) is 0 Å². The van der Waals surface area contributed by atoms with Crippen LogP contribution in [-0.2, 0) is 9.53 Å². The van der Waals surface area contributed by atoms with Crippen molar-refractivity contribution in [3.8, 4) is 0 Å². The van der Waals surface area contributed by atoms with Gasteiger partial charge in [0.05, 0.1) is 18.8 Å². The number of nitrogens with two attached hydrogens (primary N) is 1. The van der Waals surface area contributed by atoms with Gasteiger partial charge in [-0.25, -0.2) is 0 Å². The molecule has 1 heterocycles. The van der Waals surface area contributed by atoms with Crippen LogP contribution in [0.4, 0.5) is 0 Å².